The molecule has 0 aliphatic carbocycles. The van der Waals surface area contributed by atoms with Crippen LogP contribution in [0.25, 0.3) is 11.4 Å². The van der Waals surface area contributed by atoms with Crippen LogP contribution < -0.4 is 5.73 Å². The largest absolute Gasteiger partial charge is 0.369 e. The van der Waals surface area contributed by atoms with E-state index in [-0.39, 0.29) is 11.7 Å². The first-order valence-corrected chi connectivity index (χ1v) is 8.02. The molecule has 1 atom stereocenters. The quantitative estimate of drug-likeness (QED) is 0.874. The van der Waals surface area contributed by atoms with Crippen molar-refractivity contribution in [3.63, 3.8) is 0 Å². The Morgan fingerprint density at radius 3 is 2.73 bits per heavy atom. The SMILES string of the molecule is Cc1ccc(-c2noc(CS(=O)(=O)[C@H](C)C(N)=O)n2)cc1F. The molecule has 2 N–H and O–H groups in total. The van der Waals surface area contributed by atoms with Crippen molar-refractivity contribution in [3.8, 4) is 11.4 Å². The number of halogens is 1. The fourth-order valence-corrected chi connectivity index (χ4v) is 2.70. The number of nitrogens with two attached hydrogens (primary N) is 1. The zero-order valence-corrected chi connectivity index (χ0v) is 12.7. The first-order chi connectivity index (χ1) is 10.2. The minimum atomic E-state index is -3.84. The molecule has 118 valence electrons. The summed E-state index contributed by atoms with van der Waals surface area (Å²) < 4.78 is 42.1. The van der Waals surface area contributed by atoms with E-state index in [0.29, 0.717) is 11.1 Å². The minimum absolute atomic E-state index is 0.0656. The molecule has 7 nitrogen and oxygen atoms in total. The lowest BCUT2D eigenvalue weighted by Crippen LogP contribution is -2.34. The molecule has 0 radical (unpaired) electrons. The highest BCUT2D eigenvalue weighted by molar-refractivity contribution is 7.91. The van der Waals surface area contributed by atoms with Gasteiger partial charge in [0.2, 0.25) is 17.6 Å². The molecular formula is C13H14FN3O4S. The smallest absolute Gasteiger partial charge is 0.242 e. The van der Waals surface area contributed by atoms with Crippen molar-refractivity contribution in [2.24, 2.45) is 5.73 Å². The summed E-state index contributed by atoms with van der Waals surface area (Å²) in [5.41, 5.74) is 5.80. The van der Waals surface area contributed by atoms with Gasteiger partial charge in [-0.1, -0.05) is 17.3 Å². The van der Waals surface area contributed by atoms with Crippen LogP contribution in [0.5, 0.6) is 0 Å². The van der Waals surface area contributed by atoms with E-state index in [9.17, 15) is 17.6 Å². The number of aromatic nitrogens is 2. The fourth-order valence-electron chi connectivity index (χ4n) is 1.64. The van der Waals surface area contributed by atoms with E-state index in [4.69, 9.17) is 10.3 Å². The lowest BCUT2D eigenvalue weighted by Gasteiger charge is -2.06. The van der Waals surface area contributed by atoms with Crippen molar-refractivity contribution < 1.29 is 22.1 Å². The van der Waals surface area contributed by atoms with Crippen LogP contribution in [-0.4, -0.2) is 29.7 Å². The Balaban J connectivity index is 2.25. The van der Waals surface area contributed by atoms with Gasteiger partial charge >= 0.3 is 0 Å². The molecule has 1 aromatic heterocycles. The topological polar surface area (TPSA) is 116 Å². The van der Waals surface area contributed by atoms with Gasteiger partial charge in [-0.15, -0.1) is 0 Å². The number of amides is 1. The first-order valence-electron chi connectivity index (χ1n) is 6.30. The molecular weight excluding hydrogens is 313 g/mol. The highest BCUT2D eigenvalue weighted by Gasteiger charge is 2.28. The Bertz CT molecular complexity index is 816. The van der Waals surface area contributed by atoms with Gasteiger partial charge < -0.3 is 10.3 Å². The minimum Gasteiger partial charge on any atom is -0.369 e. The number of hydrogen-bond acceptors (Lipinski definition) is 6. The van der Waals surface area contributed by atoms with Gasteiger partial charge in [-0.2, -0.15) is 4.98 Å². The van der Waals surface area contributed by atoms with Gasteiger partial charge in [-0.05, 0) is 25.5 Å². The summed E-state index contributed by atoms with van der Waals surface area (Å²) in [6.07, 6.45) is 0. The van der Waals surface area contributed by atoms with E-state index in [1.165, 1.54) is 13.0 Å². The summed E-state index contributed by atoms with van der Waals surface area (Å²) in [7, 11) is -3.84. The van der Waals surface area contributed by atoms with E-state index in [2.05, 4.69) is 10.1 Å². The van der Waals surface area contributed by atoms with Gasteiger partial charge in [0.05, 0.1) is 0 Å². The van der Waals surface area contributed by atoms with E-state index in [1.807, 2.05) is 0 Å². The van der Waals surface area contributed by atoms with Crippen molar-refractivity contribution >= 4 is 15.7 Å². The molecule has 0 aliphatic heterocycles. The highest BCUT2D eigenvalue weighted by atomic mass is 32.2. The Kier molecular flexibility index (Phi) is 4.27. The number of benzene rings is 1. The molecule has 1 aromatic carbocycles. The molecule has 0 bridgehead atoms. The zero-order chi connectivity index (χ0) is 16.5. The maximum Gasteiger partial charge on any atom is 0.242 e. The lowest BCUT2D eigenvalue weighted by molar-refractivity contribution is -0.117. The van der Waals surface area contributed by atoms with Gasteiger partial charge in [0, 0.05) is 5.56 Å². The van der Waals surface area contributed by atoms with Gasteiger partial charge in [0.25, 0.3) is 0 Å². The molecule has 0 saturated carbocycles. The molecule has 1 amide bonds. The second-order valence-electron chi connectivity index (χ2n) is 4.83. The Hall–Kier alpha value is -2.29. The van der Waals surface area contributed by atoms with Crippen molar-refractivity contribution in [2.75, 3.05) is 0 Å². The number of sulfone groups is 1. The Morgan fingerprint density at radius 1 is 1.45 bits per heavy atom. The normalized spacial score (nSPS) is 13.0. The third kappa shape index (κ3) is 3.30. The maximum atomic E-state index is 13.5. The Labute approximate surface area is 126 Å². The van der Waals surface area contributed by atoms with Gasteiger partial charge in [-0.3, -0.25) is 4.79 Å². The molecule has 1 heterocycles. The van der Waals surface area contributed by atoms with E-state index in [1.54, 1.807) is 19.1 Å². The predicted molar refractivity (Wildman–Crippen MR) is 75.7 cm³/mol. The van der Waals surface area contributed by atoms with Crippen molar-refractivity contribution in [3.05, 3.63) is 35.5 Å². The number of rotatable bonds is 5. The number of aryl methyl sites for hydroxylation is 1. The molecule has 0 unspecified atom stereocenters. The summed E-state index contributed by atoms with van der Waals surface area (Å²) in [6, 6.07) is 4.37. The molecule has 22 heavy (non-hydrogen) atoms. The summed E-state index contributed by atoms with van der Waals surface area (Å²) in [5, 5.41) is 2.25. The van der Waals surface area contributed by atoms with E-state index in [0.717, 1.165) is 0 Å². The average Bonchev–Trinajstić information content (AvgIpc) is 2.88. The monoisotopic (exact) mass is 327 g/mol. The average molecular weight is 327 g/mol. The predicted octanol–water partition coefficient (Wildman–Crippen LogP) is 0.973. The number of nitrogens with zero attached hydrogens (tertiary/aromatic N) is 2. The van der Waals surface area contributed by atoms with Crippen molar-refractivity contribution in [1.29, 1.82) is 0 Å². The van der Waals surface area contributed by atoms with E-state index >= 15 is 0 Å². The third-order valence-corrected chi connectivity index (χ3v) is 5.12. The molecule has 0 fully saturated rings. The summed E-state index contributed by atoms with van der Waals surface area (Å²) in [5.74, 6) is -2.13. The van der Waals surface area contributed by atoms with Crippen LogP contribution in [-0.2, 0) is 20.4 Å². The van der Waals surface area contributed by atoms with Crippen LogP contribution in [0.15, 0.2) is 22.7 Å². The summed E-state index contributed by atoms with van der Waals surface area (Å²) in [4.78, 5) is 14.9. The number of primary amides is 1. The van der Waals surface area contributed by atoms with Crippen LogP contribution in [0.4, 0.5) is 4.39 Å². The van der Waals surface area contributed by atoms with E-state index < -0.39 is 32.6 Å². The third-order valence-electron chi connectivity index (χ3n) is 3.16. The first kappa shape index (κ1) is 16.1. The van der Waals surface area contributed by atoms with Gasteiger partial charge in [-0.25, -0.2) is 12.8 Å². The van der Waals surface area contributed by atoms with Crippen LogP contribution in [0.1, 0.15) is 18.4 Å². The lowest BCUT2D eigenvalue weighted by atomic mass is 10.1. The van der Waals surface area contributed by atoms with Crippen molar-refractivity contribution in [2.45, 2.75) is 24.9 Å². The molecule has 9 heteroatoms. The number of carbonyl (C=O) groups is 1. The standard InChI is InChI=1S/C13H14FN3O4S/c1-7-3-4-9(5-10(7)14)13-16-11(21-17-13)6-22(19,20)8(2)12(15)18/h3-5,8H,6H2,1-2H3,(H2,15,18)/t8-/m1/s1. The highest BCUT2D eigenvalue weighted by Crippen LogP contribution is 2.20. The molecule has 0 saturated heterocycles. The Morgan fingerprint density at radius 2 is 2.14 bits per heavy atom. The van der Waals surface area contributed by atoms with Crippen LogP contribution >= 0.6 is 0 Å². The second kappa shape index (κ2) is 5.84. The van der Waals surface area contributed by atoms with Crippen molar-refractivity contribution in [1.82, 2.24) is 10.1 Å². The van der Waals surface area contributed by atoms with Crippen LogP contribution in [0.3, 0.4) is 0 Å². The molecule has 2 rings (SSSR count). The molecule has 0 aliphatic rings. The zero-order valence-electron chi connectivity index (χ0n) is 11.9. The van der Waals surface area contributed by atoms with Gasteiger partial charge in [0.15, 0.2) is 9.84 Å². The molecule has 0 spiro atoms. The summed E-state index contributed by atoms with van der Waals surface area (Å²) in [6.45, 7) is 2.79. The molecule has 2 aromatic rings. The van der Waals surface area contributed by atoms with Crippen LogP contribution in [0, 0.1) is 12.7 Å². The van der Waals surface area contributed by atoms with Crippen LogP contribution in [0.2, 0.25) is 0 Å². The number of carbonyl (C=O) groups excluding carboxylic acids is 1. The summed E-state index contributed by atoms with van der Waals surface area (Å²) >= 11 is 0. The fraction of sp³-hybridized carbons (Fsp3) is 0.308. The van der Waals surface area contributed by atoms with Gasteiger partial charge in [0.1, 0.15) is 16.8 Å². The number of hydrogen-bond donors (Lipinski definition) is 1. The second-order valence-corrected chi connectivity index (χ2v) is 7.15. The maximum absolute atomic E-state index is 13.5.